The van der Waals surface area contributed by atoms with Crippen LogP contribution in [-0.4, -0.2) is 42.3 Å². The van der Waals surface area contributed by atoms with Gasteiger partial charge < -0.3 is 15.7 Å². The fraction of sp³-hybridized carbons (Fsp3) is 1.00. The summed E-state index contributed by atoms with van der Waals surface area (Å²) < 4.78 is 0. The molecule has 2 rings (SSSR count). The third-order valence-electron chi connectivity index (χ3n) is 4.26. The lowest BCUT2D eigenvalue weighted by atomic mass is 9.78. The molecule has 15 heavy (non-hydrogen) atoms. The number of hydrogen-bond donors (Lipinski definition) is 2. The van der Waals surface area contributed by atoms with Crippen LogP contribution >= 0.6 is 0 Å². The highest BCUT2D eigenvalue weighted by Crippen LogP contribution is 2.31. The molecule has 2 fully saturated rings. The Bertz CT molecular complexity index is 202. The lowest BCUT2D eigenvalue weighted by Crippen LogP contribution is -2.41. The first-order chi connectivity index (χ1) is 7.16. The van der Waals surface area contributed by atoms with Gasteiger partial charge in [-0.2, -0.15) is 0 Å². The van der Waals surface area contributed by atoms with Crippen molar-refractivity contribution in [1.29, 1.82) is 0 Å². The van der Waals surface area contributed by atoms with Crippen molar-refractivity contribution in [3.8, 4) is 0 Å². The minimum absolute atomic E-state index is 0.0558. The van der Waals surface area contributed by atoms with Gasteiger partial charge in [0.15, 0.2) is 0 Å². The predicted octanol–water partition coefficient (Wildman–Crippen LogP) is 0.816. The third kappa shape index (κ3) is 2.71. The molecule has 0 bridgehead atoms. The molecule has 1 saturated heterocycles. The fourth-order valence-electron chi connectivity index (χ4n) is 3.15. The lowest BCUT2D eigenvalue weighted by molar-refractivity contribution is 0.0947. The summed E-state index contributed by atoms with van der Waals surface area (Å²) in [7, 11) is 2.18. The van der Waals surface area contributed by atoms with E-state index in [0.717, 1.165) is 25.7 Å². The van der Waals surface area contributed by atoms with E-state index >= 15 is 0 Å². The van der Waals surface area contributed by atoms with Crippen molar-refractivity contribution in [1.82, 2.24) is 4.90 Å². The zero-order valence-electron chi connectivity index (χ0n) is 9.73. The first-order valence-corrected chi connectivity index (χ1v) is 6.29. The van der Waals surface area contributed by atoms with Gasteiger partial charge in [-0.05, 0) is 57.5 Å². The number of likely N-dealkylation sites (tertiary alicyclic amines) is 1. The minimum Gasteiger partial charge on any atom is -0.393 e. The Labute approximate surface area is 92.6 Å². The Morgan fingerprint density at radius 1 is 1.13 bits per heavy atom. The number of aliphatic hydroxyl groups excluding tert-OH is 1. The lowest BCUT2D eigenvalue weighted by Gasteiger charge is -2.33. The van der Waals surface area contributed by atoms with Crippen LogP contribution in [0.15, 0.2) is 0 Å². The highest BCUT2D eigenvalue weighted by atomic mass is 16.3. The van der Waals surface area contributed by atoms with Gasteiger partial charge in [-0.15, -0.1) is 0 Å². The van der Waals surface area contributed by atoms with Crippen LogP contribution in [0, 0.1) is 11.8 Å². The third-order valence-corrected chi connectivity index (χ3v) is 4.26. The van der Waals surface area contributed by atoms with Crippen molar-refractivity contribution >= 4 is 0 Å². The van der Waals surface area contributed by atoms with Crippen molar-refractivity contribution in [2.75, 3.05) is 20.1 Å². The normalized spacial score (nSPS) is 40.6. The van der Waals surface area contributed by atoms with Crippen LogP contribution in [0.3, 0.4) is 0 Å². The van der Waals surface area contributed by atoms with Crippen LogP contribution in [0.2, 0.25) is 0 Å². The molecular weight excluding hydrogens is 188 g/mol. The number of nitrogens with zero attached hydrogens (tertiary/aromatic N) is 1. The summed E-state index contributed by atoms with van der Waals surface area (Å²) in [5, 5.41) is 9.47. The molecule has 2 unspecified atom stereocenters. The van der Waals surface area contributed by atoms with Crippen molar-refractivity contribution in [2.24, 2.45) is 17.6 Å². The molecule has 1 aliphatic carbocycles. The largest absolute Gasteiger partial charge is 0.393 e. The smallest absolute Gasteiger partial charge is 0.0540 e. The zero-order chi connectivity index (χ0) is 10.8. The van der Waals surface area contributed by atoms with E-state index in [1.54, 1.807) is 0 Å². The molecular formula is C12H24N2O. The standard InChI is InChI=1S/C12H24N2O/c1-14-7-6-10(8-14)12(13)9-2-4-11(15)5-3-9/h9-12,15H,2-8,13H2,1H3. The van der Waals surface area contributed by atoms with Gasteiger partial charge in [0.1, 0.15) is 0 Å². The van der Waals surface area contributed by atoms with Crippen molar-refractivity contribution in [3.05, 3.63) is 0 Å². The SMILES string of the molecule is CN1CCC(C(N)C2CCC(O)CC2)C1. The van der Waals surface area contributed by atoms with E-state index < -0.39 is 0 Å². The zero-order valence-corrected chi connectivity index (χ0v) is 9.73. The molecule has 88 valence electrons. The topological polar surface area (TPSA) is 49.5 Å². The Kier molecular flexibility index (Phi) is 3.65. The number of nitrogens with two attached hydrogens (primary N) is 1. The number of hydrogen-bond acceptors (Lipinski definition) is 3. The summed E-state index contributed by atoms with van der Waals surface area (Å²) in [4.78, 5) is 2.38. The van der Waals surface area contributed by atoms with Crippen molar-refractivity contribution in [2.45, 2.75) is 44.2 Å². The maximum Gasteiger partial charge on any atom is 0.0540 e. The molecule has 0 aromatic heterocycles. The molecule has 1 saturated carbocycles. The summed E-state index contributed by atoms with van der Waals surface area (Å²) in [6.07, 6.45) is 5.38. The van der Waals surface area contributed by atoms with Gasteiger partial charge in [-0.25, -0.2) is 0 Å². The van der Waals surface area contributed by atoms with E-state index in [4.69, 9.17) is 5.73 Å². The molecule has 3 heteroatoms. The highest BCUT2D eigenvalue weighted by Gasteiger charge is 2.32. The molecule has 3 N–H and O–H groups in total. The minimum atomic E-state index is -0.0558. The van der Waals surface area contributed by atoms with E-state index in [-0.39, 0.29) is 6.10 Å². The average molecular weight is 212 g/mol. The van der Waals surface area contributed by atoms with Crippen LogP contribution < -0.4 is 5.73 Å². The van der Waals surface area contributed by atoms with E-state index in [1.807, 2.05) is 0 Å². The summed E-state index contributed by atoms with van der Waals surface area (Å²) in [6, 6.07) is 0.363. The van der Waals surface area contributed by atoms with E-state index in [0.29, 0.717) is 17.9 Å². The molecule has 2 aliphatic rings. The maximum absolute atomic E-state index is 9.47. The second kappa shape index (κ2) is 4.81. The monoisotopic (exact) mass is 212 g/mol. The average Bonchev–Trinajstić information content (AvgIpc) is 2.65. The van der Waals surface area contributed by atoms with E-state index in [9.17, 15) is 5.11 Å². The molecule has 0 radical (unpaired) electrons. The molecule has 0 spiro atoms. The van der Waals surface area contributed by atoms with Gasteiger partial charge in [-0.1, -0.05) is 0 Å². The Hall–Kier alpha value is -0.120. The first kappa shape index (κ1) is 11.4. The van der Waals surface area contributed by atoms with Gasteiger partial charge in [0, 0.05) is 12.6 Å². The molecule has 1 heterocycles. The Morgan fingerprint density at radius 3 is 2.33 bits per heavy atom. The van der Waals surface area contributed by atoms with Crippen molar-refractivity contribution in [3.63, 3.8) is 0 Å². The number of aliphatic hydroxyl groups is 1. The molecule has 0 amide bonds. The fourth-order valence-corrected chi connectivity index (χ4v) is 3.15. The summed E-state index contributed by atoms with van der Waals surface area (Å²) in [5.74, 6) is 1.35. The van der Waals surface area contributed by atoms with Crippen LogP contribution in [0.5, 0.6) is 0 Å². The van der Waals surface area contributed by atoms with Gasteiger partial charge in [0.25, 0.3) is 0 Å². The molecule has 0 aromatic rings. The van der Waals surface area contributed by atoms with Gasteiger partial charge in [0.2, 0.25) is 0 Å². The second-order valence-corrected chi connectivity index (χ2v) is 5.46. The first-order valence-electron chi connectivity index (χ1n) is 6.29. The van der Waals surface area contributed by atoms with Crippen LogP contribution in [0.1, 0.15) is 32.1 Å². The van der Waals surface area contributed by atoms with E-state index in [2.05, 4.69) is 11.9 Å². The van der Waals surface area contributed by atoms with E-state index in [1.165, 1.54) is 19.5 Å². The van der Waals surface area contributed by atoms with Crippen LogP contribution in [0.25, 0.3) is 0 Å². The number of rotatable bonds is 2. The summed E-state index contributed by atoms with van der Waals surface area (Å²) in [6.45, 7) is 2.37. The van der Waals surface area contributed by atoms with Crippen LogP contribution in [0.4, 0.5) is 0 Å². The van der Waals surface area contributed by atoms with Gasteiger partial charge in [-0.3, -0.25) is 0 Å². The Morgan fingerprint density at radius 2 is 1.80 bits per heavy atom. The quantitative estimate of drug-likeness (QED) is 0.712. The van der Waals surface area contributed by atoms with Gasteiger partial charge in [0.05, 0.1) is 6.10 Å². The molecule has 1 aliphatic heterocycles. The summed E-state index contributed by atoms with van der Waals surface area (Å²) >= 11 is 0. The van der Waals surface area contributed by atoms with Gasteiger partial charge >= 0.3 is 0 Å². The second-order valence-electron chi connectivity index (χ2n) is 5.46. The van der Waals surface area contributed by atoms with Crippen LogP contribution in [-0.2, 0) is 0 Å². The predicted molar refractivity (Wildman–Crippen MR) is 61.5 cm³/mol. The Balaban J connectivity index is 1.82. The maximum atomic E-state index is 9.47. The van der Waals surface area contributed by atoms with Crippen molar-refractivity contribution < 1.29 is 5.11 Å². The highest BCUT2D eigenvalue weighted by molar-refractivity contribution is 4.88. The molecule has 2 atom stereocenters. The summed E-state index contributed by atoms with van der Waals surface area (Å²) in [5.41, 5.74) is 6.35. The molecule has 0 aromatic carbocycles. The molecule has 3 nitrogen and oxygen atoms in total.